The Labute approximate surface area is 185 Å². The minimum absolute atomic E-state index is 0.120. The number of hydrogen-bond donors (Lipinski definition) is 0. The van der Waals surface area contributed by atoms with E-state index in [1.165, 1.54) is 55.1 Å². The summed E-state index contributed by atoms with van der Waals surface area (Å²) in [6.45, 7) is 5.34. The first-order valence-electron chi connectivity index (χ1n) is 9.63. The Hall–Kier alpha value is -3.49. The summed E-state index contributed by atoms with van der Waals surface area (Å²) in [6.07, 6.45) is 1.56. The summed E-state index contributed by atoms with van der Waals surface area (Å²) in [5, 5.41) is 20.5. The highest BCUT2D eigenvalue weighted by Crippen LogP contribution is 2.40. The zero-order valence-corrected chi connectivity index (χ0v) is 19.0. The van der Waals surface area contributed by atoms with Crippen LogP contribution in [0, 0.1) is 21.4 Å². The van der Waals surface area contributed by atoms with Crippen molar-refractivity contribution in [2.75, 3.05) is 26.0 Å². The average Bonchev–Trinajstić information content (AvgIpc) is 3.08. The van der Waals surface area contributed by atoms with Crippen LogP contribution in [0.2, 0.25) is 0 Å². The molecule has 32 heavy (non-hydrogen) atoms. The van der Waals surface area contributed by atoms with E-state index in [-0.39, 0.29) is 17.7 Å². The van der Waals surface area contributed by atoms with E-state index in [2.05, 4.69) is 6.58 Å². The lowest BCUT2D eigenvalue weighted by molar-refractivity contribution is -0.384. The molecular formula is C21H23N5O5S. The Morgan fingerprint density at radius 1 is 1.34 bits per heavy atom. The van der Waals surface area contributed by atoms with Crippen molar-refractivity contribution in [3.8, 4) is 11.8 Å². The normalized spacial score (nSPS) is 17.5. The predicted octanol–water partition coefficient (Wildman–Crippen LogP) is 1.81. The summed E-state index contributed by atoms with van der Waals surface area (Å²) in [5.41, 5.74) is 0.555. The van der Waals surface area contributed by atoms with Gasteiger partial charge in [0, 0.05) is 45.4 Å². The van der Waals surface area contributed by atoms with Gasteiger partial charge in [-0.15, -0.1) is 6.58 Å². The van der Waals surface area contributed by atoms with Gasteiger partial charge in [0.2, 0.25) is 10.0 Å². The van der Waals surface area contributed by atoms with Crippen LogP contribution in [-0.4, -0.2) is 54.1 Å². The molecule has 0 N–H and O–H groups in total. The molecule has 1 unspecified atom stereocenters. The molecule has 10 nitrogen and oxygen atoms in total. The van der Waals surface area contributed by atoms with E-state index < -0.39 is 31.3 Å². The van der Waals surface area contributed by atoms with Gasteiger partial charge in [0.25, 0.3) is 11.2 Å². The third-order valence-corrected chi connectivity index (χ3v) is 8.57. The van der Waals surface area contributed by atoms with E-state index in [0.29, 0.717) is 17.1 Å². The standard InChI is InChI=1S/C21H23N5O5S/c1-6-21(2,32(30,31)23(3)4)19-12-18-17(24(19)5)11-14(13-22)20(27)25(18)15-7-9-16(10-8-15)26(28)29/h6-11,19H,1,12H2,2-5H3/t19-,21?/m0/s1. The number of nitriles is 1. The summed E-state index contributed by atoms with van der Waals surface area (Å²) >= 11 is 0. The lowest BCUT2D eigenvalue weighted by Crippen LogP contribution is -2.55. The predicted molar refractivity (Wildman–Crippen MR) is 121 cm³/mol. The number of fused-ring (bicyclic) bond motifs is 1. The molecule has 0 amide bonds. The van der Waals surface area contributed by atoms with Gasteiger partial charge in [-0.05, 0) is 25.1 Å². The maximum absolute atomic E-state index is 13.2. The first-order chi connectivity index (χ1) is 14.9. The number of rotatable bonds is 6. The van der Waals surface area contributed by atoms with Gasteiger partial charge in [-0.1, -0.05) is 6.08 Å². The number of anilines is 1. The summed E-state index contributed by atoms with van der Waals surface area (Å²) in [4.78, 5) is 25.2. The number of pyridine rings is 1. The molecule has 168 valence electrons. The fourth-order valence-corrected chi connectivity index (χ4v) is 5.68. The molecular weight excluding hydrogens is 434 g/mol. The highest BCUT2D eigenvalue weighted by atomic mass is 32.2. The molecule has 0 aliphatic carbocycles. The average molecular weight is 458 g/mol. The number of nitro benzene ring substituents is 1. The van der Waals surface area contributed by atoms with E-state index in [4.69, 9.17) is 0 Å². The number of sulfonamides is 1. The van der Waals surface area contributed by atoms with E-state index in [9.17, 15) is 28.6 Å². The number of hydrogen-bond acceptors (Lipinski definition) is 7. The Morgan fingerprint density at radius 3 is 2.41 bits per heavy atom. The molecule has 0 saturated heterocycles. The molecule has 1 aliphatic rings. The fraction of sp³-hybridized carbons (Fsp3) is 0.333. The molecule has 1 aromatic carbocycles. The van der Waals surface area contributed by atoms with Crippen molar-refractivity contribution in [3.05, 3.63) is 74.7 Å². The second-order valence-corrected chi connectivity index (χ2v) is 10.5. The quantitative estimate of drug-likeness (QED) is 0.367. The Morgan fingerprint density at radius 2 is 1.94 bits per heavy atom. The second kappa shape index (κ2) is 7.89. The van der Waals surface area contributed by atoms with Crippen LogP contribution >= 0.6 is 0 Å². The lowest BCUT2D eigenvalue weighted by Gasteiger charge is -2.38. The number of likely N-dealkylation sites (N-methyl/N-ethyl adjacent to an activating group) is 1. The Kier molecular flexibility index (Phi) is 5.71. The SMILES string of the molecule is C=CC(C)([C@@H]1Cc2c(cc(C#N)c(=O)n2-c2ccc([N+](=O)[O-])cc2)N1C)S(=O)(=O)N(C)C. The Balaban J connectivity index is 2.25. The minimum atomic E-state index is -3.79. The van der Waals surface area contributed by atoms with Crippen LogP contribution in [0.1, 0.15) is 18.2 Å². The van der Waals surface area contributed by atoms with Crippen molar-refractivity contribution in [1.82, 2.24) is 8.87 Å². The highest BCUT2D eigenvalue weighted by Gasteiger charge is 2.50. The minimum Gasteiger partial charge on any atom is -0.368 e. The van der Waals surface area contributed by atoms with Crippen LogP contribution in [0.5, 0.6) is 0 Å². The molecule has 1 aromatic heterocycles. The molecule has 0 fully saturated rings. The summed E-state index contributed by atoms with van der Waals surface area (Å²) in [6, 6.07) is 8.12. The molecule has 3 rings (SSSR count). The largest absolute Gasteiger partial charge is 0.368 e. The summed E-state index contributed by atoms with van der Waals surface area (Å²) in [7, 11) is 0.797. The van der Waals surface area contributed by atoms with Crippen LogP contribution in [0.15, 0.2) is 47.8 Å². The molecule has 2 aromatic rings. The molecule has 0 saturated carbocycles. The van der Waals surface area contributed by atoms with Crippen molar-refractivity contribution < 1.29 is 13.3 Å². The first-order valence-corrected chi connectivity index (χ1v) is 11.1. The molecule has 0 bridgehead atoms. The molecule has 1 aliphatic heterocycles. The van der Waals surface area contributed by atoms with Crippen LogP contribution < -0.4 is 10.5 Å². The van der Waals surface area contributed by atoms with E-state index >= 15 is 0 Å². The maximum atomic E-state index is 13.2. The van der Waals surface area contributed by atoms with Crippen LogP contribution in [0.3, 0.4) is 0 Å². The lowest BCUT2D eigenvalue weighted by atomic mass is 9.98. The van der Waals surface area contributed by atoms with Crippen molar-refractivity contribution in [2.24, 2.45) is 0 Å². The summed E-state index contributed by atoms with van der Waals surface area (Å²) < 4.78 is 27.4. The van der Waals surface area contributed by atoms with Gasteiger partial charge in [0.1, 0.15) is 16.4 Å². The number of nitro groups is 1. The molecule has 2 atom stereocenters. The summed E-state index contributed by atoms with van der Waals surface area (Å²) in [5.74, 6) is 0. The smallest absolute Gasteiger partial charge is 0.273 e. The molecule has 2 heterocycles. The van der Waals surface area contributed by atoms with Gasteiger partial charge < -0.3 is 4.90 Å². The topological polar surface area (TPSA) is 130 Å². The number of benzene rings is 1. The van der Waals surface area contributed by atoms with Gasteiger partial charge in [-0.3, -0.25) is 19.5 Å². The van der Waals surface area contributed by atoms with Gasteiger partial charge >= 0.3 is 0 Å². The van der Waals surface area contributed by atoms with E-state index in [1.807, 2.05) is 6.07 Å². The monoisotopic (exact) mass is 457 g/mol. The van der Waals surface area contributed by atoms with Crippen molar-refractivity contribution in [2.45, 2.75) is 24.1 Å². The van der Waals surface area contributed by atoms with Gasteiger partial charge in [-0.2, -0.15) is 5.26 Å². The van der Waals surface area contributed by atoms with E-state index in [0.717, 1.165) is 4.31 Å². The third kappa shape index (κ3) is 3.28. The molecule has 11 heteroatoms. The third-order valence-electron chi connectivity index (χ3n) is 6.06. The number of aromatic nitrogens is 1. The highest BCUT2D eigenvalue weighted by molar-refractivity contribution is 7.90. The fourth-order valence-electron chi connectivity index (χ4n) is 4.10. The zero-order valence-electron chi connectivity index (χ0n) is 18.1. The molecule has 0 spiro atoms. The first kappa shape index (κ1) is 23.2. The molecule has 0 radical (unpaired) electrons. The number of non-ortho nitro benzene ring substituents is 1. The Bertz CT molecular complexity index is 1310. The number of nitrogens with zero attached hydrogens (tertiary/aromatic N) is 5. The van der Waals surface area contributed by atoms with Crippen molar-refractivity contribution in [3.63, 3.8) is 0 Å². The van der Waals surface area contributed by atoms with E-state index in [1.54, 1.807) is 18.9 Å². The van der Waals surface area contributed by atoms with Crippen LogP contribution in [0.25, 0.3) is 5.69 Å². The van der Waals surface area contributed by atoms with Crippen LogP contribution in [0.4, 0.5) is 11.4 Å². The van der Waals surface area contributed by atoms with Crippen molar-refractivity contribution >= 4 is 21.4 Å². The van der Waals surface area contributed by atoms with Crippen molar-refractivity contribution in [1.29, 1.82) is 5.26 Å². The van der Waals surface area contributed by atoms with Gasteiger partial charge in [0.05, 0.1) is 22.3 Å². The second-order valence-electron chi connectivity index (χ2n) is 7.92. The van der Waals surface area contributed by atoms with Crippen LogP contribution in [-0.2, 0) is 16.4 Å². The maximum Gasteiger partial charge on any atom is 0.273 e. The zero-order chi connectivity index (χ0) is 24.0. The van der Waals surface area contributed by atoms with Gasteiger partial charge in [0.15, 0.2) is 0 Å². The van der Waals surface area contributed by atoms with Gasteiger partial charge in [-0.25, -0.2) is 12.7 Å².